The van der Waals surface area contributed by atoms with E-state index in [1.54, 1.807) is 36.4 Å². The van der Waals surface area contributed by atoms with Crippen LogP contribution in [0, 0.1) is 10.1 Å². The van der Waals surface area contributed by atoms with Crippen molar-refractivity contribution in [3.63, 3.8) is 0 Å². The Kier molecular flexibility index (Phi) is 5.81. The van der Waals surface area contributed by atoms with Gasteiger partial charge < -0.3 is 21.1 Å². The number of carboxylic acids is 1. The Balaban J connectivity index is 0.000000186. The zero-order chi connectivity index (χ0) is 18.6. The van der Waals surface area contributed by atoms with Gasteiger partial charge in [-0.15, -0.1) is 0 Å². The number of aliphatic carboxylic acids is 1. The second-order valence-corrected chi connectivity index (χ2v) is 5.59. The predicted molar refractivity (Wildman–Crippen MR) is 88.8 cm³/mol. The minimum atomic E-state index is -1.41. The number of rotatable bonds is 3. The van der Waals surface area contributed by atoms with Crippen molar-refractivity contribution in [2.45, 2.75) is 24.7 Å². The molecule has 0 aromatic heterocycles. The molecule has 0 spiro atoms. The van der Waals surface area contributed by atoms with Gasteiger partial charge in [-0.05, 0) is 16.7 Å². The Morgan fingerprint density at radius 1 is 1.24 bits per heavy atom. The smallest absolute Gasteiger partial charge is 0.337 e. The first kappa shape index (κ1) is 18.5. The van der Waals surface area contributed by atoms with Gasteiger partial charge in [0.1, 0.15) is 0 Å². The Bertz CT molecular complexity index is 765. The van der Waals surface area contributed by atoms with Crippen LogP contribution in [0.4, 0.5) is 5.69 Å². The van der Waals surface area contributed by atoms with E-state index in [1.165, 1.54) is 12.1 Å². The molecule has 0 amide bonds. The number of non-ortho nitro benzene ring substituents is 1. The first-order valence-electron chi connectivity index (χ1n) is 7.48. The molecule has 8 heteroatoms. The lowest BCUT2D eigenvalue weighted by Gasteiger charge is -2.07. The van der Waals surface area contributed by atoms with Crippen molar-refractivity contribution in [2.24, 2.45) is 5.73 Å². The second-order valence-electron chi connectivity index (χ2n) is 5.59. The van der Waals surface area contributed by atoms with E-state index in [0.29, 0.717) is 17.5 Å². The highest BCUT2D eigenvalue weighted by Crippen LogP contribution is 2.32. The monoisotopic (exact) mass is 346 g/mol. The van der Waals surface area contributed by atoms with Gasteiger partial charge in [0.05, 0.1) is 17.1 Å². The molecule has 0 unspecified atom stereocenters. The third-order valence-electron chi connectivity index (χ3n) is 3.89. The Morgan fingerprint density at radius 2 is 1.88 bits per heavy atom. The van der Waals surface area contributed by atoms with Gasteiger partial charge in [0.15, 0.2) is 6.10 Å². The highest BCUT2D eigenvalue weighted by atomic mass is 16.6. The van der Waals surface area contributed by atoms with Gasteiger partial charge in [-0.25, -0.2) is 4.79 Å². The summed E-state index contributed by atoms with van der Waals surface area (Å²) in [6, 6.07) is 12.3. The van der Waals surface area contributed by atoms with Crippen LogP contribution in [0.3, 0.4) is 0 Å². The first-order chi connectivity index (χ1) is 11.8. The number of hydrogen-bond donors (Lipinski definition) is 4. The number of hydrogen-bond acceptors (Lipinski definition) is 6. The summed E-state index contributed by atoms with van der Waals surface area (Å²) in [6.45, 7) is 0. The minimum Gasteiger partial charge on any atom is -0.479 e. The van der Waals surface area contributed by atoms with E-state index in [0.717, 1.165) is 5.56 Å². The number of nitro benzene ring substituents is 1. The van der Waals surface area contributed by atoms with Gasteiger partial charge in [0, 0.05) is 18.6 Å². The van der Waals surface area contributed by atoms with Crippen LogP contribution in [0.1, 0.15) is 28.8 Å². The van der Waals surface area contributed by atoms with Crippen LogP contribution in [-0.4, -0.2) is 32.3 Å². The molecule has 0 aliphatic heterocycles. The van der Waals surface area contributed by atoms with Gasteiger partial charge in [0.25, 0.3) is 5.69 Å². The summed E-state index contributed by atoms with van der Waals surface area (Å²) >= 11 is 0. The van der Waals surface area contributed by atoms with E-state index in [1.807, 2.05) is 0 Å². The van der Waals surface area contributed by atoms with E-state index in [4.69, 9.17) is 15.9 Å². The average Bonchev–Trinajstić information content (AvgIpc) is 2.89. The lowest BCUT2D eigenvalue weighted by atomic mass is 10.1. The van der Waals surface area contributed by atoms with E-state index in [9.17, 15) is 20.0 Å². The number of carbonyl (C=O) groups is 1. The fraction of sp³-hybridized carbons (Fsp3) is 0.235. The number of nitrogens with two attached hydrogens (primary N) is 1. The van der Waals surface area contributed by atoms with Gasteiger partial charge in [0.2, 0.25) is 0 Å². The molecule has 25 heavy (non-hydrogen) atoms. The molecule has 0 saturated carbocycles. The normalized spacial score (nSPS) is 19.3. The number of fused-ring (bicyclic) bond motifs is 1. The van der Waals surface area contributed by atoms with Crippen molar-refractivity contribution in [1.29, 1.82) is 0 Å². The molecule has 8 nitrogen and oxygen atoms in total. The Labute approximate surface area is 143 Å². The van der Waals surface area contributed by atoms with E-state index >= 15 is 0 Å². The van der Waals surface area contributed by atoms with Crippen molar-refractivity contribution >= 4 is 11.7 Å². The number of nitrogens with zero attached hydrogens (tertiary/aromatic N) is 1. The van der Waals surface area contributed by atoms with Crippen LogP contribution < -0.4 is 5.73 Å². The molecular weight excluding hydrogens is 328 g/mol. The van der Waals surface area contributed by atoms with Crippen LogP contribution in [-0.2, 0) is 11.2 Å². The lowest BCUT2D eigenvalue weighted by Crippen LogP contribution is -2.21. The Morgan fingerprint density at radius 3 is 2.44 bits per heavy atom. The minimum absolute atomic E-state index is 0.0216. The van der Waals surface area contributed by atoms with Crippen molar-refractivity contribution in [3.05, 3.63) is 75.3 Å². The highest BCUT2D eigenvalue weighted by Gasteiger charge is 2.29. The zero-order valence-corrected chi connectivity index (χ0v) is 13.1. The SMILES string of the molecule is N[C@@H]1c2cc([N+](=O)[O-])ccc2C[C@H]1O.O=C(O)[C@@H](O)c1ccccc1. The predicted octanol–water partition coefficient (Wildman–Crippen LogP) is 1.32. The summed E-state index contributed by atoms with van der Waals surface area (Å²) in [6.07, 6.45) is -1.54. The molecule has 0 bridgehead atoms. The van der Waals surface area contributed by atoms with Gasteiger partial charge >= 0.3 is 5.97 Å². The molecule has 0 fully saturated rings. The van der Waals surface area contributed by atoms with Gasteiger partial charge in [-0.1, -0.05) is 36.4 Å². The van der Waals surface area contributed by atoms with Gasteiger partial charge in [-0.2, -0.15) is 0 Å². The maximum atomic E-state index is 10.5. The lowest BCUT2D eigenvalue weighted by molar-refractivity contribution is -0.384. The number of carboxylic acid groups (broad SMARTS) is 1. The maximum absolute atomic E-state index is 10.5. The molecule has 3 atom stereocenters. The van der Waals surface area contributed by atoms with Crippen molar-refractivity contribution in [3.8, 4) is 0 Å². The van der Waals surface area contributed by atoms with E-state index < -0.39 is 29.1 Å². The molecule has 5 N–H and O–H groups in total. The summed E-state index contributed by atoms with van der Waals surface area (Å²) in [5.41, 5.74) is 7.70. The fourth-order valence-electron chi connectivity index (χ4n) is 2.53. The molecule has 0 saturated heterocycles. The average molecular weight is 346 g/mol. The van der Waals surface area contributed by atoms with Gasteiger partial charge in [-0.3, -0.25) is 10.1 Å². The number of benzene rings is 2. The largest absolute Gasteiger partial charge is 0.479 e. The molecule has 2 aromatic rings. The Hall–Kier alpha value is -2.81. The number of nitro groups is 1. The third-order valence-corrected chi connectivity index (χ3v) is 3.89. The molecule has 0 heterocycles. The highest BCUT2D eigenvalue weighted by molar-refractivity contribution is 5.73. The quantitative estimate of drug-likeness (QED) is 0.484. The topological polar surface area (TPSA) is 147 Å². The summed E-state index contributed by atoms with van der Waals surface area (Å²) in [5, 5.41) is 37.3. The van der Waals surface area contributed by atoms with Crippen LogP contribution in [0.2, 0.25) is 0 Å². The molecule has 2 aromatic carbocycles. The molecule has 0 radical (unpaired) electrons. The zero-order valence-electron chi connectivity index (χ0n) is 13.1. The molecule has 132 valence electrons. The van der Waals surface area contributed by atoms with Crippen molar-refractivity contribution in [2.75, 3.05) is 0 Å². The summed E-state index contributed by atoms with van der Waals surface area (Å²) in [5.74, 6) is -1.23. The van der Waals surface area contributed by atoms with Crippen LogP contribution in [0.5, 0.6) is 0 Å². The van der Waals surface area contributed by atoms with Crippen molar-refractivity contribution in [1.82, 2.24) is 0 Å². The van der Waals surface area contributed by atoms with E-state index in [-0.39, 0.29) is 5.69 Å². The molecule has 1 aliphatic rings. The molecular formula is C17H18N2O6. The number of aliphatic hydroxyl groups excluding tert-OH is 2. The molecule has 3 rings (SSSR count). The summed E-state index contributed by atoms with van der Waals surface area (Å²) in [7, 11) is 0. The van der Waals surface area contributed by atoms with Crippen molar-refractivity contribution < 1.29 is 25.0 Å². The number of aliphatic hydroxyl groups is 2. The first-order valence-corrected chi connectivity index (χ1v) is 7.48. The maximum Gasteiger partial charge on any atom is 0.337 e. The molecule has 1 aliphatic carbocycles. The second kappa shape index (κ2) is 7.84. The van der Waals surface area contributed by atoms with Crippen LogP contribution in [0.25, 0.3) is 0 Å². The standard InChI is InChI=1S/C9H10N2O3.C8H8O3/c10-9-7-4-6(11(13)14)2-1-5(7)3-8(9)12;9-7(8(10)11)6-4-2-1-3-5-6/h1-2,4,8-9,12H,3,10H2;1-5,7,9H,(H,10,11)/t8-,9-;7-/m10/s1. The summed E-state index contributed by atoms with van der Waals surface area (Å²) in [4.78, 5) is 20.3. The van der Waals surface area contributed by atoms with Crippen LogP contribution in [0.15, 0.2) is 48.5 Å². The van der Waals surface area contributed by atoms with E-state index in [2.05, 4.69) is 0 Å². The third kappa shape index (κ3) is 4.38. The fourth-order valence-corrected chi connectivity index (χ4v) is 2.53. The van der Waals surface area contributed by atoms with Crippen LogP contribution >= 0.6 is 0 Å². The summed E-state index contributed by atoms with van der Waals surface area (Å²) < 4.78 is 0.